The highest BCUT2D eigenvalue weighted by atomic mass is 16.3. The summed E-state index contributed by atoms with van der Waals surface area (Å²) < 4.78 is 6.98. The van der Waals surface area contributed by atoms with E-state index >= 15 is 0 Å². The summed E-state index contributed by atoms with van der Waals surface area (Å²) in [6.45, 7) is 5.42. The van der Waals surface area contributed by atoms with Gasteiger partial charge in [0.25, 0.3) is 5.56 Å². The SMILES string of the molecule is Cc1nn(C)c(=O)c(-c2c(C)oc3cccc(C)c23)c1O. The Morgan fingerprint density at radius 2 is 1.90 bits per heavy atom. The van der Waals surface area contributed by atoms with E-state index in [2.05, 4.69) is 5.10 Å². The summed E-state index contributed by atoms with van der Waals surface area (Å²) in [4.78, 5) is 12.4. The monoisotopic (exact) mass is 284 g/mol. The van der Waals surface area contributed by atoms with Crippen LogP contribution in [0.4, 0.5) is 0 Å². The Hall–Kier alpha value is -2.56. The minimum Gasteiger partial charge on any atom is -0.505 e. The van der Waals surface area contributed by atoms with E-state index in [0.717, 1.165) is 10.9 Å². The number of rotatable bonds is 1. The van der Waals surface area contributed by atoms with Crippen LogP contribution in [0.15, 0.2) is 27.4 Å². The summed E-state index contributed by atoms with van der Waals surface area (Å²) in [6.07, 6.45) is 0. The molecule has 0 bridgehead atoms. The number of nitrogens with zero attached hydrogens (tertiary/aromatic N) is 2. The van der Waals surface area contributed by atoms with Gasteiger partial charge in [-0.1, -0.05) is 12.1 Å². The maximum atomic E-state index is 12.4. The minimum absolute atomic E-state index is 0.0906. The van der Waals surface area contributed by atoms with Crippen molar-refractivity contribution in [2.24, 2.45) is 7.05 Å². The van der Waals surface area contributed by atoms with Gasteiger partial charge in [-0.3, -0.25) is 4.79 Å². The second-order valence-electron chi connectivity index (χ2n) is 5.22. The highest BCUT2D eigenvalue weighted by molar-refractivity contribution is 5.99. The molecule has 5 nitrogen and oxygen atoms in total. The van der Waals surface area contributed by atoms with Crippen molar-refractivity contribution in [1.82, 2.24) is 9.78 Å². The number of aromatic nitrogens is 2. The summed E-state index contributed by atoms with van der Waals surface area (Å²) in [6, 6.07) is 5.71. The molecule has 0 amide bonds. The third-order valence-corrected chi connectivity index (χ3v) is 3.74. The van der Waals surface area contributed by atoms with Crippen molar-refractivity contribution in [2.75, 3.05) is 0 Å². The normalized spacial score (nSPS) is 11.2. The van der Waals surface area contributed by atoms with E-state index in [1.54, 1.807) is 20.9 Å². The average molecular weight is 284 g/mol. The Balaban J connectivity index is 2.53. The first-order chi connectivity index (χ1) is 9.91. The number of hydrogen-bond donors (Lipinski definition) is 1. The van der Waals surface area contributed by atoms with Gasteiger partial charge in [0, 0.05) is 18.0 Å². The van der Waals surface area contributed by atoms with Crippen LogP contribution in [0.25, 0.3) is 22.1 Å². The Morgan fingerprint density at radius 3 is 2.62 bits per heavy atom. The molecule has 3 aromatic rings. The van der Waals surface area contributed by atoms with Crippen LogP contribution in [0.5, 0.6) is 5.75 Å². The fraction of sp³-hybridized carbons (Fsp3) is 0.250. The molecule has 0 aliphatic rings. The largest absolute Gasteiger partial charge is 0.505 e. The molecule has 5 heteroatoms. The minimum atomic E-state index is -0.341. The summed E-state index contributed by atoms with van der Waals surface area (Å²) in [5.74, 6) is 0.518. The lowest BCUT2D eigenvalue weighted by Gasteiger charge is -2.09. The number of furan rings is 1. The van der Waals surface area contributed by atoms with Crippen molar-refractivity contribution in [3.8, 4) is 16.9 Å². The standard InChI is InChI=1S/C16H16N2O3/c1-8-6-5-7-11-12(8)13(10(3)21-11)14-15(19)9(2)17-18(4)16(14)20/h5-7,19H,1-4H3. The number of aromatic hydroxyl groups is 1. The third kappa shape index (κ3) is 1.85. The van der Waals surface area contributed by atoms with E-state index in [-0.39, 0.29) is 16.9 Å². The third-order valence-electron chi connectivity index (χ3n) is 3.74. The molecule has 108 valence electrons. The fourth-order valence-electron chi connectivity index (χ4n) is 2.73. The van der Waals surface area contributed by atoms with Gasteiger partial charge in [0.15, 0.2) is 5.75 Å². The predicted molar refractivity (Wildman–Crippen MR) is 80.6 cm³/mol. The molecular formula is C16H16N2O3. The maximum absolute atomic E-state index is 12.4. The Labute approximate surface area is 121 Å². The van der Waals surface area contributed by atoms with Crippen LogP contribution in [0.1, 0.15) is 17.0 Å². The van der Waals surface area contributed by atoms with Gasteiger partial charge in [-0.25, -0.2) is 4.68 Å². The molecule has 0 atom stereocenters. The molecule has 2 aromatic heterocycles. The Morgan fingerprint density at radius 1 is 1.19 bits per heavy atom. The summed E-state index contributed by atoms with van der Waals surface area (Å²) in [5.41, 5.74) is 2.66. The second-order valence-corrected chi connectivity index (χ2v) is 5.22. The predicted octanol–water partition coefficient (Wildman–Crippen LogP) is 2.82. The van der Waals surface area contributed by atoms with E-state index < -0.39 is 0 Å². The zero-order valence-corrected chi connectivity index (χ0v) is 12.4. The van der Waals surface area contributed by atoms with Crippen molar-refractivity contribution in [3.63, 3.8) is 0 Å². The average Bonchev–Trinajstić information content (AvgIpc) is 2.75. The van der Waals surface area contributed by atoms with Crippen LogP contribution < -0.4 is 5.56 Å². The zero-order valence-electron chi connectivity index (χ0n) is 12.4. The van der Waals surface area contributed by atoms with Crippen molar-refractivity contribution in [2.45, 2.75) is 20.8 Å². The van der Waals surface area contributed by atoms with E-state index in [9.17, 15) is 9.90 Å². The van der Waals surface area contributed by atoms with Crippen LogP contribution >= 0.6 is 0 Å². The number of aryl methyl sites for hydroxylation is 4. The van der Waals surface area contributed by atoms with E-state index in [1.165, 1.54) is 4.68 Å². The van der Waals surface area contributed by atoms with Gasteiger partial charge in [-0.2, -0.15) is 5.10 Å². The van der Waals surface area contributed by atoms with E-state index in [4.69, 9.17) is 4.42 Å². The molecule has 0 aliphatic heterocycles. The van der Waals surface area contributed by atoms with Gasteiger partial charge in [-0.05, 0) is 32.4 Å². The van der Waals surface area contributed by atoms with Gasteiger partial charge in [0.2, 0.25) is 0 Å². The van der Waals surface area contributed by atoms with Gasteiger partial charge in [0.05, 0.1) is 5.56 Å². The van der Waals surface area contributed by atoms with Gasteiger partial charge >= 0.3 is 0 Å². The van der Waals surface area contributed by atoms with Crippen LogP contribution in [-0.4, -0.2) is 14.9 Å². The van der Waals surface area contributed by atoms with Crippen LogP contribution in [0.3, 0.4) is 0 Å². The first-order valence-corrected chi connectivity index (χ1v) is 6.67. The first kappa shape index (κ1) is 13.4. The van der Waals surface area contributed by atoms with E-state index in [0.29, 0.717) is 22.6 Å². The fourth-order valence-corrected chi connectivity index (χ4v) is 2.73. The molecular weight excluding hydrogens is 268 g/mol. The molecule has 1 N–H and O–H groups in total. The van der Waals surface area contributed by atoms with Crippen LogP contribution in [0, 0.1) is 20.8 Å². The molecule has 0 saturated heterocycles. The second kappa shape index (κ2) is 4.48. The molecule has 1 aromatic carbocycles. The number of fused-ring (bicyclic) bond motifs is 1. The van der Waals surface area contributed by atoms with Crippen molar-refractivity contribution < 1.29 is 9.52 Å². The number of benzene rings is 1. The summed E-state index contributed by atoms with van der Waals surface area (Å²) in [5, 5.41) is 15.2. The molecule has 0 fully saturated rings. The topological polar surface area (TPSA) is 68.3 Å². The quantitative estimate of drug-likeness (QED) is 0.746. The van der Waals surface area contributed by atoms with Crippen LogP contribution in [0.2, 0.25) is 0 Å². The van der Waals surface area contributed by atoms with Crippen molar-refractivity contribution >= 4 is 11.0 Å². The molecule has 21 heavy (non-hydrogen) atoms. The highest BCUT2D eigenvalue weighted by Crippen LogP contribution is 2.38. The van der Waals surface area contributed by atoms with E-state index in [1.807, 2.05) is 25.1 Å². The lowest BCUT2D eigenvalue weighted by molar-refractivity contribution is 0.460. The Bertz CT molecular complexity index is 919. The van der Waals surface area contributed by atoms with Gasteiger partial charge < -0.3 is 9.52 Å². The van der Waals surface area contributed by atoms with Crippen molar-refractivity contribution in [3.05, 3.63) is 45.6 Å². The van der Waals surface area contributed by atoms with Gasteiger partial charge in [0.1, 0.15) is 17.0 Å². The smallest absolute Gasteiger partial charge is 0.278 e. The summed E-state index contributed by atoms with van der Waals surface area (Å²) >= 11 is 0. The lowest BCUT2D eigenvalue weighted by atomic mass is 9.99. The van der Waals surface area contributed by atoms with Gasteiger partial charge in [-0.15, -0.1) is 0 Å². The van der Waals surface area contributed by atoms with Crippen molar-refractivity contribution in [1.29, 1.82) is 0 Å². The molecule has 0 spiro atoms. The first-order valence-electron chi connectivity index (χ1n) is 6.67. The maximum Gasteiger partial charge on any atom is 0.278 e. The zero-order chi connectivity index (χ0) is 15.3. The molecule has 0 aliphatic carbocycles. The Kier molecular flexibility index (Phi) is 2.86. The molecule has 0 unspecified atom stereocenters. The lowest BCUT2D eigenvalue weighted by Crippen LogP contribution is -2.22. The molecule has 3 rings (SSSR count). The summed E-state index contributed by atoms with van der Waals surface area (Å²) in [7, 11) is 1.57. The molecule has 2 heterocycles. The molecule has 0 radical (unpaired) electrons. The highest BCUT2D eigenvalue weighted by Gasteiger charge is 2.22. The van der Waals surface area contributed by atoms with Crippen LogP contribution in [-0.2, 0) is 7.05 Å². The number of hydrogen-bond acceptors (Lipinski definition) is 4. The molecule has 0 saturated carbocycles.